The Morgan fingerprint density at radius 3 is 2.38 bits per heavy atom. The molecule has 0 saturated carbocycles. The van der Waals surface area contributed by atoms with Crippen LogP contribution >= 0.6 is 27.3 Å². The van der Waals surface area contributed by atoms with Crippen LogP contribution in [0.1, 0.15) is 37.4 Å². The smallest absolute Gasteiger partial charge is 0.435 e. The normalized spacial score (nSPS) is 16.8. The van der Waals surface area contributed by atoms with Gasteiger partial charge in [0.05, 0.1) is 0 Å². The summed E-state index contributed by atoms with van der Waals surface area (Å²) in [4.78, 5) is 16.8. The van der Waals surface area contributed by atoms with Gasteiger partial charge in [0.1, 0.15) is 14.4 Å². The molecule has 9 heteroatoms. The summed E-state index contributed by atoms with van der Waals surface area (Å²) < 4.78 is 43.2. The maximum Gasteiger partial charge on any atom is 0.435 e. The molecular formula is C12H14BrF3N2O2S. The first-order valence-electron chi connectivity index (χ1n) is 6.18. The van der Waals surface area contributed by atoms with Crippen molar-refractivity contribution in [2.45, 2.75) is 38.5 Å². The van der Waals surface area contributed by atoms with Gasteiger partial charge < -0.3 is 9.64 Å². The molecule has 1 aliphatic heterocycles. The molecule has 21 heavy (non-hydrogen) atoms. The molecule has 1 amide bonds. The van der Waals surface area contributed by atoms with E-state index >= 15 is 0 Å². The van der Waals surface area contributed by atoms with E-state index in [1.54, 1.807) is 20.8 Å². The van der Waals surface area contributed by atoms with E-state index in [4.69, 9.17) is 4.74 Å². The van der Waals surface area contributed by atoms with Crippen molar-refractivity contribution in [2.24, 2.45) is 0 Å². The van der Waals surface area contributed by atoms with Crippen molar-refractivity contribution in [1.29, 1.82) is 0 Å². The van der Waals surface area contributed by atoms with Gasteiger partial charge in [0.2, 0.25) is 0 Å². The Kier molecular flexibility index (Phi) is 4.27. The van der Waals surface area contributed by atoms with Gasteiger partial charge in [-0.25, -0.2) is 9.78 Å². The lowest BCUT2D eigenvalue weighted by atomic mass is 10.0. The lowest BCUT2D eigenvalue weighted by Gasteiger charge is -2.38. The van der Waals surface area contributed by atoms with Crippen molar-refractivity contribution in [2.75, 3.05) is 13.1 Å². The van der Waals surface area contributed by atoms with Crippen LogP contribution in [-0.4, -0.2) is 34.7 Å². The molecule has 1 fully saturated rings. The van der Waals surface area contributed by atoms with E-state index in [0.717, 1.165) is 11.3 Å². The zero-order chi connectivity index (χ0) is 16.0. The highest BCUT2D eigenvalue weighted by atomic mass is 79.9. The molecule has 0 bridgehead atoms. The average Bonchev–Trinajstić information content (AvgIpc) is 2.54. The van der Waals surface area contributed by atoms with Gasteiger partial charge in [-0.3, -0.25) is 0 Å². The molecule has 118 valence electrons. The zero-order valence-corrected chi connectivity index (χ0v) is 14.0. The minimum atomic E-state index is -4.47. The summed E-state index contributed by atoms with van der Waals surface area (Å²) in [6.07, 6.45) is -4.92. The van der Waals surface area contributed by atoms with Gasteiger partial charge >= 0.3 is 12.3 Å². The van der Waals surface area contributed by atoms with Crippen molar-refractivity contribution in [3.8, 4) is 0 Å². The van der Waals surface area contributed by atoms with Gasteiger partial charge in [0, 0.05) is 19.0 Å². The number of halogens is 4. The third-order valence-electron chi connectivity index (χ3n) is 2.75. The molecule has 1 aromatic rings. The average molecular weight is 387 g/mol. The highest BCUT2D eigenvalue weighted by Gasteiger charge is 2.41. The molecule has 0 aliphatic carbocycles. The number of rotatable bonds is 1. The van der Waals surface area contributed by atoms with Crippen molar-refractivity contribution in [3.05, 3.63) is 14.5 Å². The molecule has 1 aromatic heterocycles. The monoisotopic (exact) mass is 386 g/mol. The van der Waals surface area contributed by atoms with Crippen molar-refractivity contribution in [1.82, 2.24) is 9.88 Å². The number of amides is 1. The predicted octanol–water partition coefficient (Wildman–Crippen LogP) is 4.26. The molecule has 2 heterocycles. The quantitative estimate of drug-likeness (QED) is 0.723. The first-order valence-corrected chi connectivity index (χ1v) is 7.79. The van der Waals surface area contributed by atoms with Crippen molar-refractivity contribution in [3.63, 3.8) is 0 Å². The number of aromatic nitrogens is 1. The summed E-state index contributed by atoms with van der Waals surface area (Å²) in [7, 11) is 0. The van der Waals surface area contributed by atoms with Gasteiger partial charge in [0.15, 0.2) is 5.69 Å². The van der Waals surface area contributed by atoms with Crippen LogP contribution in [0.4, 0.5) is 18.0 Å². The summed E-state index contributed by atoms with van der Waals surface area (Å²) in [6.45, 7) is 5.93. The number of hydrogen-bond acceptors (Lipinski definition) is 4. The first-order chi connectivity index (χ1) is 9.47. The summed E-state index contributed by atoms with van der Waals surface area (Å²) >= 11 is 3.85. The van der Waals surface area contributed by atoms with E-state index < -0.39 is 23.6 Å². The van der Waals surface area contributed by atoms with E-state index in [0.29, 0.717) is 18.1 Å². The van der Waals surface area contributed by atoms with Crippen molar-refractivity contribution >= 4 is 33.4 Å². The predicted molar refractivity (Wildman–Crippen MR) is 75.4 cm³/mol. The molecule has 2 rings (SSSR count). The van der Waals surface area contributed by atoms with E-state index in [2.05, 4.69) is 20.9 Å². The Balaban J connectivity index is 1.98. The lowest BCUT2D eigenvalue weighted by molar-refractivity contribution is -0.141. The highest BCUT2D eigenvalue weighted by Crippen LogP contribution is 2.41. The van der Waals surface area contributed by atoms with E-state index in [-0.39, 0.29) is 9.70 Å². The number of ether oxygens (including phenoxy) is 1. The van der Waals surface area contributed by atoms with Crippen LogP contribution in [0, 0.1) is 0 Å². The fourth-order valence-corrected chi connectivity index (χ4v) is 3.48. The zero-order valence-electron chi connectivity index (χ0n) is 11.6. The molecule has 0 N–H and O–H groups in total. The van der Waals surface area contributed by atoms with Gasteiger partial charge in [0.25, 0.3) is 0 Å². The Morgan fingerprint density at radius 2 is 1.95 bits per heavy atom. The van der Waals surface area contributed by atoms with Crippen LogP contribution in [0.25, 0.3) is 0 Å². The number of hydrogen-bond donors (Lipinski definition) is 0. The Labute approximate surface area is 132 Å². The van der Waals surface area contributed by atoms with E-state index in [1.807, 2.05) is 0 Å². The molecule has 1 aliphatic rings. The SMILES string of the molecule is CC(C)(C)OC(=O)N1CC(c2nc(C(F)(F)F)c(Br)s2)C1. The second-order valence-corrected chi connectivity index (χ2v) is 8.10. The topological polar surface area (TPSA) is 42.4 Å². The maximum absolute atomic E-state index is 12.7. The number of carbonyl (C=O) groups is 1. The highest BCUT2D eigenvalue weighted by molar-refractivity contribution is 9.11. The van der Waals surface area contributed by atoms with Crippen LogP contribution in [0.5, 0.6) is 0 Å². The lowest BCUT2D eigenvalue weighted by Crippen LogP contribution is -2.50. The molecule has 0 radical (unpaired) electrons. The van der Waals surface area contributed by atoms with Crippen LogP contribution in [0.2, 0.25) is 0 Å². The fraction of sp³-hybridized carbons (Fsp3) is 0.667. The summed E-state index contributed by atoms with van der Waals surface area (Å²) in [5.74, 6) is -0.171. The number of thiazole rings is 1. The van der Waals surface area contributed by atoms with E-state index in [1.165, 1.54) is 4.90 Å². The van der Waals surface area contributed by atoms with Gasteiger partial charge in [-0.05, 0) is 36.7 Å². The van der Waals surface area contributed by atoms with Crippen LogP contribution in [0.15, 0.2) is 3.79 Å². The Morgan fingerprint density at radius 1 is 1.38 bits per heavy atom. The van der Waals surface area contributed by atoms with E-state index in [9.17, 15) is 18.0 Å². The summed E-state index contributed by atoms with van der Waals surface area (Å²) in [5.41, 5.74) is -1.49. The largest absolute Gasteiger partial charge is 0.444 e. The van der Waals surface area contributed by atoms with Crippen molar-refractivity contribution < 1.29 is 22.7 Å². The van der Waals surface area contributed by atoms with Gasteiger partial charge in [-0.1, -0.05) is 0 Å². The molecule has 4 nitrogen and oxygen atoms in total. The van der Waals surface area contributed by atoms with Crippen LogP contribution < -0.4 is 0 Å². The number of carbonyl (C=O) groups excluding carboxylic acids is 1. The molecular weight excluding hydrogens is 373 g/mol. The third kappa shape index (κ3) is 3.88. The molecule has 0 unspecified atom stereocenters. The Bertz CT molecular complexity index is 548. The first kappa shape index (κ1) is 16.5. The number of likely N-dealkylation sites (tertiary alicyclic amines) is 1. The number of nitrogens with zero attached hydrogens (tertiary/aromatic N) is 2. The second-order valence-electron chi connectivity index (χ2n) is 5.75. The minimum Gasteiger partial charge on any atom is -0.444 e. The molecule has 0 aromatic carbocycles. The van der Waals surface area contributed by atoms with Crippen LogP contribution in [0.3, 0.4) is 0 Å². The summed E-state index contributed by atoms with van der Waals surface area (Å²) in [6, 6.07) is 0. The maximum atomic E-state index is 12.7. The standard InChI is InChI=1S/C12H14BrF3N2O2S/c1-11(2,3)20-10(19)18-4-6(5-18)9-17-7(8(13)21-9)12(14,15)16/h6H,4-5H2,1-3H3. The molecule has 1 saturated heterocycles. The van der Waals surface area contributed by atoms with Crippen LogP contribution in [-0.2, 0) is 10.9 Å². The summed E-state index contributed by atoms with van der Waals surface area (Å²) in [5, 5.41) is 0.383. The Hall–Kier alpha value is -0.830. The minimum absolute atomic E-state index is 0.0271. The number of alkyl halides is 3. The molecule has 0 atom stereocenters. The van der Waals surface area contributed by atoms with Gasteiger partial charge in [-0.15, -0.1) is 11.3 Å². The fourth-order valence-electron chi connectivity index (χ4n) is 1.78. The third-order valence-corrected chi connectivity index (χ3v) is 4.62. The second kappa shape index (κ2) is 5.42. The van der Waals surface area contributed by atoms with Gasteiger partial charge in [-0.2, -0.15) is 13.2 Å². The molecule has 0 spiro atoms.